The molecule has 3 aliphatic heterocycles. The summed E-state index contributed by atoms with van der Waals surface area (Å²) in [5.41, 5.74) is 1.10. The summed E-state index contributed by atoms with van der Waals surface area (Å²) < 4.78 is 22.0. The number of ether oxygens (including phenoxy) is 4. The lowest BCUT2D eigenvalue weighted by Crippen LogP contribution is -2.54. The van der Waals surface area contributed by atoms with Crippen LogP contribution in [0, 0.1) is 0 Å². The minimum absolute atomic E-state index is 0.133. The highest BCUT2D eigenvalue weighted by Crippen LogP contribution is 2.37. The molecule has 8 heteroatoms. The van der Waals surface area contributed by atoms with Gasteiger partial charge in [-0.3, -0.25) is 9.59 Å². The highest BCUT2D eigenvalue weighted by molar-refractivity contribution is 6.08. The van der Waals surface area contributed by atoms with Crippen molar-refractivity contribution in [2.24, 2.45) is 0 Å². The van der Waals surface area contributed by atoms with Crippen LogP contribution in [0.5, 0.6) is 17.2 Å². The Balaban J connectivity index is 1.44. The van der Waals surface area contributed by atoms with E-state index in [2.05, 4.69) is 0 Å². The fourth-order valence-corrected chi connectivity index (χ4v) is 3.73. The third kappa shape index (κ3) is 3.25. The molecule has 0 N–H and O–H groups in total. The molecule has 2 aromatic rings. The normalized spacial score (nSPS) is 20.1. The monoisotopic (exact) mass is 396 g/mol. The van der Waals surface area contributed by atoms with E-state index < -0.39 is 6.10 Å². The molecule has 1 atom stereocenters. The number of fused-ring (bicyclic) bond motifs is 2. The van der Waals surface area contributed by atoms with Gasteiger partial charge in [0.2, 0.25) is 6.79 Å². The maximum atomic E-state index is 13.3. The third-order valence-electron chi connectivity index (χ3n) is 5.24. The van der Waals surface area contributed by atoms with Gasteiger partial charge in [0.15, 0.2) is 17.6 Å². The van der Waals surface area contributed by atoms with E-state index in [-0.39, 0.29) is 25.2 Å². The van der Waals surface area contributed by atoms with Crippen molar-refractivity contribution in [1.29, 1.82) is 0 Å². The standard InChI is InChI=1S/C21H20N2O6/c24-20(14-5-6-17-18(11-14)28-13-27-17)23-12-19(21(25)22-7-9-26-10-8-22)29-16-4-2-1-3-15(16)23/h1-6,11,19H,7-10,12-13H2. The molecule has 0 bridgehead atoms. The minimum Gasteiger partial charge on any atom is -0.476 e. The molecule has 3 aliphatic rings. The molecule has 0 spiro atoms. The van der Waals surface area contributed by atoms with Gasteiger partial charge in [-0.2, -0.15) is 0 Å². The van der Waals surface area contributed by atoms with Crippen molar-refractivity contribution in [2.75, 3.05) is 44.5 Å². The predicted octanol–water partition coefficient (Wildman–Crippen LogP) is 1.68. The zero-order valence-electron chi connectivity index (χ0n) is 15.7. The lowest BCUT2D eigenvalue weighted by molar-refractivity contribution is -0.142. The second-order valence-electron chi connectivity index (χ2n) is 7.00. The molecule has 1 saturated heterocycles. The first-order valence-electron chi connectivity index (χ1n) is 9.54. The Morgan fingerprint density at radius 3 is 2.59 bits per heavy atom. The fraction of sp³-hybridized carbons (Fsp3) is 0.333. The molecule has 2 amide bonds. The quantitative estimate of drug-likeness (QED) is 0.769. The topological polar surface area (TPSA) is 77.5 Å². The zero-order chi connectivity index (χ0) is 19.8. The van der Waals surface area contributed by atoms with Crippen molar-refractivity contribution in [3.63, 3.8) is 0 Å². The highest BCUT2D eigenvalue weighted by Gasteiger charge is 2.37. The van der Waals surface area contributed by atoms with E-state index in [9.17, 15) is 9.59 Å². The van der Waals surface area contributed by atoms with Crippen molar-refractivity contribution in [2.45, 2.75) is 6.10 Å². The summed E-state index contributed by atoms with van der Waals surface area (Å²) in [5.74, 6) is 1.31. The van der Waals surface area contributed by atoms with Crippen LogP contribution in [-0.4, -0.2) is 62.5 Å². The van der Waals surface area contributed by atoms with Crippen LogP contribution in [-0.2, 0) is 9.53 Å². The summed E-state index contributed by atoms with van der Waals surface area (Å²) >= 11 is 0. The fourth-order valence-electron chi connectivity index (χ4n) is 3.73. The number of hydrogen-bond donors (Lipinski definition) is 0. The maximum absolute atomic E-state index is 13.3. The number of hydrogen-bond acceptors (Lipinski definition) is 6. The van der Waals surface area contributed by atoms with Crippen LogP contribution in [0.2, 0.25) is 0 Å². The SMILES string of the molecule is O=C(C1CN(C(=O)c2ccc3c(c2)OCO3)c2ccccc2O1)N1CCOCC1. The van der Waals surface area contributed by atoms with Gasteiger partial charge in [-0.25, -0.2) is 0 Å². The van der Waals surface area contributed by atoms with Crippen LogP contribution >= 0.6 is 0 Å². The molecule has 150 valence electrons. The molecule has 5 rings (SSSR count). The van der Waals surface area contributed by atoms with Crippen LogP contribution in [0.25, 0.3) is 0 Å². The Hall–Kier alpha value is -3.26. The van der Waals surface area contributed by atoms with E-state index in [1.54, 1.807) is 34.1 Å². The zero-order valence-corrected chi connectivity index (χ0v) is 15.7. The molecule has 1 unspecified atom stereocenters. The lowest BCUT2D eigenvalue weighted by Gasteiger charge is -2.37. The van der Waals surface area contributed by atoms with E-state index in [1.165, 1.54) is 0 Å². The van der Waals surface area contributed by atoms with Crippen LogP contribution in [0.1, 0.15) is 10.4 Å². The van der Waals surface area contributed by atoms with Crippen LogP contribution in [0.15, 0.2) is 42.5 Å². The van der Waals surface area contributed by atoms with Gasteiger partial charge in [-0.05, 0) is 30.3 Å². The van der Waals surface area contributed by atoms with Crippen LogP contribution < -0.4 is 19.1 Å². The molecule has 8 nitrogen and oxygen atoms in total. The smallest absolute Gasteiger partial charge is 0.265 e. The summed E-state index contributed by atoms with van der Waals surface area (Å²) in [6.45, 7) is 2.35. The number of para-hydroxylation sites is 2. The Kier molecular flexibility index (Phi) is 4.48. The second-order valence-corrected chi connectivity index (χ2v) is 7.00. The number of anilines is 1. The summed E-state index contributed by atoms with van der Waals surface area (Å²) in [5, 5.41) is 0. The molecular weight excluding hydrogens is 376 g/mol. The molecule has 1 fully saturated rings. The predicted molar refractivity (Wildman–Crippen MR) is 102 cm³/mol. The van der Waals surface area contributed by atoms with Crippen molar-refractivity contribution >= 4 is 17.5 Å². The number of nitrogens with zero attached hydrogens (tertiary/aromatic N) is 2. The first-order chi connectivity index (χ1) is 14.2. The van der Waals surface area contributed by atoms with Crippen LogP contribution in [0.4, 0.5) is 5.69 Å². The molecule has 2 aromatic carbocycles. The third-order valence-corrected chi connectivity index (χ3v) is 5.24. The molecular formula is C21H20N2O6. The molecule has 0 aromatic heterocycles. The minimum atomic E-state index is -0.763. The summed E-state index contributed by atoms with van der Waals surface area (Å²) in [6, 6.07) is 12.3. The van der Waals surface area contributed by atoms with Crippen molar-refractivity contribution in [3.05, 3.63) is 48.0 Å². The molecule has 3 heterocycles. The van der Waals surface area contributed by atoms with E-state index in [1.807, 2.05) is 18.2 Å². The number of morpholine rings is 1. The summed E-state index contributed by atoms with van der Waals surface area (Å²) in [6.07, 6.45) is -0.763. The van der Waals surface area contributed by atoms with Gasteiger partial charge in [-0.15, -0.1) is 0 Å². The van der Waals surface area contributed by atoms with Gasteiger partial charge >= 0.3 is 0 Å². The van der Waals surface area contributed by atoms with E-state index in [0.29, 0.717) is 54.8 Å². The van der Waals surface area contributed by atoms with Gasteiger partial charge in [-0.1, -0.05) is 12.1 Å². The molecule has 0 saturated carbocycles. The Morgan fingerprint density at radius 1 is 0.931 bits per heavy atom. The van der Waals surface area contributed by atoms with Gasteiger partial charge in [0.25, 0.3) is 11.8 Å². The number of amides is 2. The Morgan fingerprint density at radius 2 is 1.72 bits per heavy atom. The van der Waals surface area contributed by atoms with Gasteiger partial charge in [0.05, 0.1) is 25.4 Å². The summed E-state index contributed by atoms with van der Waals surface area (Å²) in [7, 11) is 0. The lowest BCUT2D eigenvalue weighted by atomic mass is 10.1. The first-order valence-corrected chi connectivity index (χ1v) is 9.54. The van der Waals surface area contributed by atoms with Crippen molar-refractivity contribution < 1.29 is 28.5 Å². The average molecular weight is 396 g/mol. The van der Waals surface area contributed by atoms with Gasteiger partial charge < -0.3 is 28.7 Å². The van der Waals surface area contributed by atoms with Gasteiger partial charge in [0, 0.05) is 18.7 Å². The Bertz CT molecular complexity index is 956. The number of rotatable bonds is 2. The number of benzene rings is 2. The Labute approximate surface area is 167 Å². The molecule has 0 aliphatic carbocycles. The first kappa shape index (κ1) is 17.8. The molecule has 29 heavy (non-hydrogen) atoms. The van der Waals surface area contributed by atoms with E-state index in [4.69, 9.17) is 18.9 Å². The number of carbonyl (C=O) groups is 2. The van der Waals surface area contributed by atoms with Crippen LogP contribution in [0.3, 0.4) is 0 Å². The van der Waals surface area contributed by atoms with E-state index >= 15 is 0 Å². The number of carbonyl (C=O) groups excluding carboxylic acids is 2. The van der Waals surface area contributed by atoms with E-state index in [0.717, 1.165) is 0 Å². The summed E-state index contributed by atoms with van der Waals surface area (Å²) in [4.78, 5) is 29.7. The maximum Gasteiger partial charge on any atom is 0.265 e. The average Bonchev–Trinajstić information content (AvgIpc) is 3.26. The van der Waals surface area contributed by atoms with Crippen molar-refractivity contribution in [3.8, 4) is 17.2 Å². The molecule has 0 radical (unpaired) electrons. The van der Waals surface area contributed by atoms with Gasteiger partial charge in [0.1, 0.15) is 5.75 Å². The highest BCUT2D eigenvalue weighted by atomic mass is 16.7. The largest absolute Gasteiger partial charge is 0.476 e. The second kappa shape index (κ2) is 7.29. The van der Waals surface area contributed by atoms with Crippen molar-refractivity contribution in [1.82, 2.24) is 4.90 Å².